The molecular formula is C26H33N5OS. The number of rotatable bonds is 10. The van der Waals surface area contributed by atoms with Crippen LogP contribution in [-0.2, 0) is 4.79 Å². The van der Waals surface area contributed by atoms with Gasteiger partial charge in [-0.3, -0.25) is 9.36 Å². The second kappa shape index (κ2) is 12.0. The summed E-state index contributed by atoms with van der Waals surface area (Å²) in [7, 11) is 0. The Bertz CT molecular complexity index is 1010. The number of carbonyl (C=O) groups is 1. The Labute approximate surface area is 200 Å². The number of nitrogens with zero attached hydrogens (tertiary/aromatic N) is 4. The van der Waals surface area contributed by atoms with E-state index in [1.807, 2.05) is 18.2 Å². The van der Waals surface area contributed by atoms with Gasteiger partial charge in [-0.05, 0) is 51.4 Å². The minimum atomic E-state index is 0.137. The monoisotopic (exact) mass is 463 g/mol. The molecule has 0 radical (unpaired) electrons. The van der Waals surface area contributed by atoms with Crippen LogP contribution in [0.1, 0.15) is 37.7 Å². The summed E-state index contributed by atoms with van der Waals surface area (Å²) in [6.07, 6.45) is 5.25. The van der Waals surface area contributed by atoms with Crippen LogP contribution in [0.25, 0.3) is 17.1 Å². The molecule has 33 heavy (non-hydrogen) atoms. The second-order valence-corrected chi connectivity index (χ2v) is 9.61. The first-order valence-electron chi connectivity index (χ1n) is 11.9. The fourth-order valence-corrected chi connectivity index (χ4v) is 4.97. The average Bonchev–Trinajstić information content (AvgIpc) is 3.27. The molecule has 1 aliphatic heterocycles. The van der Waals surface area contributed by atoms with Crippen molar-refractivity contribution < 1.29 is 4.79 Å². The molecule has 2 heterocycles. The molecule has 3 aromatic rings. The first-order valence-corrected chi connectivity index (χ1v) is 12.9. The van der Waals surface area contributed by atoms with E-state index in [-0.39, 0.29) is 5.91 Å². The molecule has 0 bridgehead atoms. The molecule has 1 saturated heterocycles. The number of carbonyl (C=O) groups excluding carboxylic acids is 1. The summed E-state index contributed by atoms with van der Waals surface area (Å²) in [5.74, 6) is 1.79. The Hall–Kier alpha value is -2.64. The average molecular weight is 464 g/mol. The van der Waals surface area contributed by atoms with Crippen LogP contribution in [0, 0.1) is 6.92 Å². The highest BCUT2D eigenvalue weighted by molar-refractivity contribution is 7.99. The molecule has 174 valence electrons. The Morgan fingerprint density at radius 2 is 1.76 bits per heavy atom. The molecule has 1 aromatic heterocycles. The van der Waals surface area contributed by atoms with Crippen molar-refractivity contribution in [2.45, 2.75) is 44.2 Å². The summed E-state index contributed by atoms with van der Waals surface area (Å²) in [4.78, 5) is 14.7. The molecule has 1 amide bonds. The highest BCUT2D eigenvalue weighted by atomic mass is 32.2. The predicted molar refractivity (Wildman–Crippen MR) is 135 cm³/mol. The Morgan fingerprint density at radius 3 is 2.52 bits per heavy atom. The van der Waals surface area contributed by atoms with Crippen LogP contribution < -0.4 is 5.32 Å². The number of likely N-dealkylation sites (tertiary alicyclic amines) is 1. The lowest BCUT2D eigenvalue weighted by atomic mass is 10.1. The molecule has 1 N–H and O–H groups in total. The van der Waals surface area contributed by atoms with Gasteiger partial charge < -0.3 is 10.2 Å². The Balaban J connectivity index is 1.31. The van der Waals surface area contributed by atoms with Crippen molar-refractivity contribution in [3.8, 4) is 17.1 Å². The first-order chi connectivity index (χ1) is 16.2. The van der Waals surface area contributed by atoms with Gasteiger partial charge in [-0.2, -0.15) is 0 Å². The van der Waals surface area contributed by atoms with E-state index in [0.717, 1.165) is 47.5 Å². The van der Waals surface area contributed by atoms with Gasteiger partial charge in [0.1, 0.15) is 0 Å². The molecule has 7 heteroatoms. The number of hydrogen-bond donors (Lipinski definition) is 1. The molecule has 1 aliphatic rings. The van der Waals surface area contributed by atoms with Crippen molar-refractivity contribution in [3.63, 3.8) is 0 Å². The number of aryl methyl sites for hydroxylation is 1. The van der Waals surface area contributed by atoms with E-state index in [1.54, 1.807) is 11.8 Å². The van der Waals surface area contributed by atoms with Crippen LogP contribution in [0.4, 0.5) is 0 Å². The first kappa shape index (κ1) is 23.5. The number of nitrogens with one attached hydrogen (secondary N) is 1. The van der Waals surface area contributed by atoms with Gasteiger partial charge in [-0.25, -0.2) is 0 Å². The minimum Gasteiger partial charge on any atom is -0.355 e. The third kappa shape index (κ3) is 6.68. The summed E-state index contributed by atoms with van der Waals surface area (Å²) in [5.41, 5.74) is 3.29. The van der Waals surface area contributed by atoms with Crippen molar-refractivity contribution in [2.24, 2.45) is 0 Å². The topological polar surface area (TPSA) is 63.1 Å². The third-order valence-electron chi connectivity index (χ3n) is 5.94. The van der Waals surface area contributed by atoms with Gasteiger partial charge in [0, 0.05) is 36.5 Å². The van der Waals surface area contributed by atoms with Crippen molar-refractivity contribution in [3.05, 3.63) is 60.2 Å². The SMILES string of the molecule is Cc1ccc(-c2nnc(SCCCC(=O)NCCN3CCCCC3)n2-c2ccccc2)cc1. The lowest BCUT2D eigenvalue weighted by molar-refractivity contribution is -0.121. The fraction of sp³-hybridized carbons (Fsp3) is 0.423. The van der Waals surface area contributed by atoms with Gasteiger partial charge in [-0.1, -0.05) is 66.2 Å². The van der Waals surface area contributed by atoms with Crippen molar-refractivity contribution >= 4 is 17.7 Å². The van der Waals surface area contributed by atoms with Gasteiger partial charge in [0.2, 0.25) is 5.91 Å². The summed E-state index contributed by atoms with van der Waals surface area (Å²) >= 11 is 1.65. The fourth-order valence-electron chi connectivity index (χ4n) is 4.08. The van der Waals surface area contributed by atoms with Gasteiger partial charge in [-0.15, -0.1) is 10.2 Å². The maximum absolute atomic E-state index is 12.2. The highest BCUT2D eigenvalue weighted by Gasteiger charge is 2.16. The van der Waals surface area contributed by atoms with Crippen LogP contribution in [0.3, 0.4) is 0 Å². The van der Waals surface area contributed by atoms with E-state index < -0.39 is 0 Å². The van der Waals surface area contributed by atoms with E-state index in [1.165, 1.54) is 37.9 Å². The van der Waals surface area contributed by atoms with Crippen molar-refractivity contribution in [2.75, 3.05) is 31.9 Å². The van der Waals surface area contributed by atoms with Crippen LogP contribution in [0.2, 0.25) is 0 Å². The minimum absolute atomic E-state index is 0.137. The maximum atomic E-state index is 12.2. The Morgan fingerprint density at radius 1 is 1.00 bits per heavy atom. The summed E-state index contributed by atoms with van der Waals surface area (Å²) in [6, 6.07) is 18.6. The van der Waals surface area contributed by atoms with Crippen LogP contribution in [0.5, 0.6) is 0 Å². The molecule has 0 unspecified atom stereocenters. The standard InChI is InChI=1S/C26H33N5OS/c1-21-12-14-22(15-13-21)25-28-29-26(31(25)23-9-4-2-5-10-23)33-20-8-11-24(32)27-16-19-30-17-6-3-7-18-30/h2,4-5,9-10,12-15H,3,6-8,11,16-20H2,1H3,(H,27,32). The number of aromatic nitrogens is 3. The van der Waals surface area contributed by atoms with Crippen molar-refractivity contribution in [1.29, 1.82) is 0 Å². The highest BCUT2D eigenvalue weighted by Crippen LogP contribution is 2.28. The van der Waals surface area contributed by atoms with Crippen LogP contribution >= 0.6 is 11.8 Å². The second-order valence-electron chi connectivity index (χ2n) is 8.55. The number of piperidine rings is 1. The summed E-state index contributed by atoms with van der Waals surface area (Å²) < 4.78 is 2.11. The largest absolute Gasteiger partial charge is 0.355 e. The molecule has 0 aliphatic carbocycles. The van der Waals surface area contributed by atoms with Gasteiger partial charge in [0.05, 0.1) is 0 Å². The quantitative estimate of drug-likeness (QED) is 0.348. The van der Waals surface area contributed by atoms with Gasteiger partial charge >= 0.3 is 0 Å². The lowest BCUT2D eigenvalue weighted by Gasteiger charge is -2.26. The van der Waals surface area contributed by atoms with Gasteiger partial charge in [0.25, 0.3) is 0 Å². The third-order valence-corrected chi connectivity index (χ3v) is 6.95. The zero-order valence-electron chi connectivity index (χ0n) is 19.4. The Kier molecular flexibility index (Phi) is 8.55. The number of amides is 1. The van der Waals surface area contributed by atoms with Crippen molar-refractivity contribution in [1.82, 2.24) is 25.0 Å². The molecule has 0 atom stereocenters. The van der Waals surface area contributed by atoms with Gasteiger partial charge in [0.15, 0.2) is 11.0 Å². The molecule has 0 saturated carbocycles. The number of benzene rings is 2. The maximum Gasteiger partial charge on any atom is 0.220 e. The zero-order chi connectivity index (χ0) is 22.9. The van der Waals surface area contributed by atoms with E-state index >= 15 is 0 Å². The molecule has 4 rings (SSSR count). The van der Waals surface area contributed by atoms with Crippen LogP contribution in [-0.4, -0.2) is 57.5 Å². The van der Waals surface area contributed by atoms with E-state index in [9.17, 15) is 4.79 Å². The van der Waals surface area contributed by atoms with E-state index in [4.69, 9.17) is 0 Å². The predicted octanol–water partition coefficient (Wildman–Crippen LogP) is 4.72. The zero-order valence-corrected chi connectivity index (χ0v) is 20.2. The number of para-hydroxylation sites is 1. The molecular weight excluding hydrogens is 430 g/mol. The molecule has 1 fully saturated rings. The number of hydrogen-bond acceptors (Lipinski definition) is 5. The summed E-state index contributed by atoms with van der Waals surface area (Å²) in [5, 5.41) is 12.9. The number of thioether (sulfide) groups is 1. The smallest absolute Gasteiger partial charge is 0.220 e. The summed E-state index contributed by atoms with van der Waals surface area (Å²) in [6.45, 7) is 6.12. The lowest BCUT2D eigenvalue weighted by Crippen LogP contribution is -2.37. The van der Waals surface area contributed by atoms with E-state index in [2.05, 4.69) is 68.3 Å². The normalized spacial score (nSPS) is 14.3. The molecule has 6 nitrogen and oxygen atoms in total. The molecule has 2 aromatic carbocycles. The van der Waals surface area contributed by atoms with Crippen LogP contribution in [0.15, 0.2) is 59.8 Å². The molecule has 0 spiro atoms. The van der Waals surface area contributed by atoms with E-state index in [0.29, 0.717) is 6.42 Å².